The summed E-state index contributed by atoms with van der Waals surface area (Å²) < 4.78 is 21.0. The van der Waals surface area contributed by atoms with Gasteiger partial charge in [0.05, 0.1) is 30.8 Å². The summed E-state index contributed by atoms with van der Waals surface area (Å²) in [4.78, 5) is 18.0. The van der Waals surface area contributed by atoms with E-state index in [0.717, 1.165) is 0 Å². The number of rotatable bonds is 11. The number of aromatic nitrogens is 2. The lowest BCUT2D eigenvalue weighted by molar-refractivity contribution is -0.729. The van der Waals surface area contributed by atoms with Crippen LogP contribution in [0, 0.1) is 4.91 Å². The lowest BCUT2D eigenvalue weighted by atomic mass is 10.1. The number of nitrogens with zero attached hydrogens (tertiary/aromatic N) is 4. The first kappa shape index (κ1) is 22.2. The molecule has 0 aliphatic rings. The van der Waals surface area contributed by atoms with Crippen LogP contribution in [-0.2, 0) is 9.47 Å². The molecule has 10 heteroatoms. The largest absolute Gasteiger partial charge is 0.496 e. The molecule has 1 aromatic heterocycles. The zero-order chi connectivity index (χ0) is 22.2. The van der Waals surface area contributed by atoms with Crippen LogP contribution in [0.4, 0.5) is 11.4 Å². The number of hydrogen-bond acceptors (Lipinski definition) is 8. The predicted molar refractivity (Wildman–Crippen MR) is 113 cm³/mol. The molecular formula is C21H25N4O6+. The fraction of sp³-hybridized carbons (Fsp3) is 0.333. The summed E-state index contributed by atoms with van der Waals surface area (Å²) in [5.74, 6) is 1.16. The van der Waals surface area contributed by atoms with Crippen molar-refractivity contribution in [3.05, 3.63) is 47.4 Å². The quantitative estimate of drug-likeness (QED) is 0.459. The SMILES string of the molecule is COCCN(CCOC)c1ccc(-c2nc(-c3ccccc3OC)no2)cc1[N+](=O)O. The molecule has 31 heavy (non-hydrogen) atoms. The topological polar surface area (TPSA) is 110 Å². The molecule has 3 rings (SSSR count). The highest BCUT2D eigenvalue weighted by atomic mass is 16.6. The minimum Gasteiger partial charge on any atom is -0.496 e. The van der Waals surface area contributed by atoms with Gasteiger partial charge in [-0.05, 0) is 24.3 Å². The highest BCUT2D eigenvalue weighted by Crippen LogP contribution is 2.34. The minimum atomic E-state index is -0.178. The van der Waals surface area contributed by atoms with Crippen LogP contribution in [0.2, 0.25) is 0 Å². The van der Waals surface area contributed by atoms with Gasteiger partial charge in [-0.25, -0.2) is 5.21 Å². The fourth-order valence-electron chi connectivity index (χ4n) is 3.11. The van der Waals surface area contributed by atoms with Gasteiger partial charge < -0.3 is 23.6 Å². The molecule has 0 spiro atoms. The molecule has 2 aromatic carbocycles. The van der Waals surface area contributed by atoms with Crippen LogP contribution in [0.5, 0.6) is 5.75 Å². The second kappa shape index (κ2) is 10.5. The Labute approximate surface area is 179 Å². The smallest absolute Gasteiger partial charge is 0.340 e. The van der Waals surface area contributed by atoms with Crippen molar-refractivity contribution in [1.82, 2.24) is 10.1 Å². The molecule has 0 unspecified atom stereocenters. The third kappa shape index (κ3) is 5.16. The van der Waals surface area contributed by atoms with E-state index in [1.807, 2.05) is 23.1 Å². The van der Waals surface area contributed by atoms with Crippen molar-refractivity contribution in [1.29, 1.82) is 0 Å². The van der Waals surface area contributed by atoms with Crippen LogP contribution >= 0.6 is 0 Å². The Morgan fingerprint density at radius 3 is 2.42 bits per heavy atom. The first-order valence-electron chi connectivity index (χ1n) is 9.59. The molecule has 0 atom stereocenters. The molecule has 164 valence electrons. The Bertz CT molecular complexity index is 1010. The maximum atomic E-state index is 11.9. The van der Waals surface area contributed by atoms with Gasteiger partial charge in [-0.1, -0.05) is 17.3 Å². The van der Waals surface area contributed by atoms with Crippen LogP contribution in [0.15, 0.2) is 47.0 Å². The molecule has 0 saturated carbocycles. The normalized spacial score (nSPS) is 10.8. The van der Waals surface area contributed by atoms with Crippen molar-refractivity contribution >= 4 is 11.4 Å². The number of anilines is 1. The molecule has 0 aliphatic heterocycles. The zero-order valence-electron chi connectivity index (χ0n) is 17.6. The van der Waals surface area contributed by atoms with Crippen molar-refractivity contribution in [3.8, 4) is 28.6 Å². The van der Waals surface area contributed by atoms with Crippen LogP contribution < -0.4 is 9.64 Å². The molecule has 0 fully saturated rings. The van der Waals surface area contributed by atoms with Crippen molar-refractivity contribution in [3.63, 3.8) is 0 Å². The molecule has 0 bridgehead atoms. The Balaban J connectivity index is 1.96. The first-order chi connectivity index (χ1) is 15.1. The summed E-state index contributed by atoms with van der Waals surface area (Å²) in [6.07, 6.45) is 0. The van der Waals surface area contributed by atoms with E-state index in [-0.39, 0.29) is 16.5 Å². The highest BCUT2D eigenvalue weighted by Gasteiger charge is 2.26. The Hall–Kier alpha value is -3.50. The number of methoxy groups -OCH3 is 3. The third-order valence-electron chi connectivity index (χ3n) is 4.67. The van der Waals surface area contributed by atoms with E-state index >= 15 is 0 Å². The highest BCUT2D eigenvalue weighted by molar-refractivity contribution is 5.72. The summed E-state index contributed by atoms with van der Waals surface area (Å²) in [5, 5.41) is 13.8. The van der Waals surface area contributed by atoms with Crippen molar-refractivity contribution in [2.24, 2.45) is 0 Å². The van der Waals surface area contributed by atoms with Crippen LogP contribution in [0.1, 0.15) is 0 Å². The van der Waals surface area contributed by atoms with Gasteiger partial charge in [-0.2, -0.15) is 4.98 Å². The van der Waals surface area contributed by atoms with Crippen molar-refractivity contribution < 1.29 is 28.9 Å². The standard InChI is InChI=1S/C21H25N4O6/c1-28-12-10-24(11-13-29-2)17-9-8-15(14-18(17)25(26)27)21-22-20(23-31-21)16-6-4-5-7-19(16)30-3/h4-9,14H,10-13H2,1-3H3,(H,26,27)/q+1. The van der Waals surface area contributed by atoms with Gasteiger partial charge >= 0.3 is 5.69 Å². The van der Waals surface area contributed by atoms with E-state index in [9.17, 15) is 10.1 Å². The summed E-state index contributed by atoms with van der Waals surface area (Å²) in [7, 11) is 4.76. The van der Waals surface area contributed by atoms with E-state index in [1.54, 1.807) is 39.5 Å². The Morgan fingerprint density at radius 1 is 1.06 bits per heavy atom. The summed E-state index contributed by atoms with van der Waals surface area (Å²) >= 11 is 0. The molecular weight excluding hydrogens is 404 g/mol. The summed E-state index contributed by atoms with van der Waals surface area (Å²) in [6.45, 7) is 1.92. The van der Waals surface area contributed by atoms with E-state index < -0.39 is 0 Å². The molecule has 1 heterocycles. The fourth-order valence-corrected chi connectivity index (χ4v) is 3.11. The first-order valence-corrected chi connectivity index (χ1v) is 9.59. The van der Waals surface area contributed by atoms with Crippen molar-refractivity contribution in [2.45, 2.75) is 0 Å². The van der Waals surface area contributed by atoms with Gasteiger partial charge in [0.1, 0.15) is 11.4 Å². The lowest BCUT2D eigenvalue weighted by Gasteiger charge is -2.23. The zero-order valence-corrected chi connectivity index (χ0v) is 17.6. The van der Waals surface area contributed by atoms with E-state index in [4.69, 9.17) is 18.7 Å². The van der Waals surface area contributed by atoms with Gasteiger partial charge in [0.15, 0.2) is 0 Å². The molecule has 10 nitrogen and oxygen atoms in total. The van der Waals surface area contributed by atoms with E-state index in [2.05, 4.69) is 10.1 Å². The molecule has 1 N–H and O–H groups in total. The number of benzene rings is 2. The lowest BCUT2D eigenvalue weighted by Crippen LogP contribution is -2.31. The summed E-state index contributed by atoms with van der Waals surface area (Å²) in [5.41, 5.74) is 1.73. The van der Waals surface area contributed by atoms with Gasteiger partial charge in [-0.15, -0.1) is 0 Å². The number of hydrogen-bond donors (Lipinski definition) is 1. The molecule has 0 amide bonds. The van der Waals surface area contributed by atoms with E-state index in [1.165, 1.54) is 6.07 Å². The second-order valence-electron chi connectivity index (χ2n) is 6.57. The van der Waals surface area contributed by atoms with Gasteiger partial charge in [-0.3, -0.25) is 0 Å². The predicted octanol–water partition coefficient (Wildman–Crippen LogP) is 3.31. The molecule has 0 aliphatic carbocycles. The van der Waals surface area contributed by atoms with Gasteiger partial charge in [0.25, 0.3) is 10.8 Å². The second-order valence-corrected chi connectivity index (χ2v) is 6.57. The van der Waals surface area contributed by atoms with Crippen LogP contribution in [0.3, 0.4) is 0 Å². The molecule has 3 aromatic rings. The van der Waals surface area contributed by atoms with Crippen LogP contribution in [0.25, 0.3) is 22.8 Å². The van der Waals surface area contributed by atoms with Gasteiger partial charge in [0.2, 0.25) is 5.82 Å². The number of para-hydroxylation sites is 1. The average molecular weight is 429 g/mol. The average Bonchev–Trinajstić information content (AvgIpc) is 3.29. The van der Waals surface area contributed by atoms with Gasteiger partial charge in [0, 0.05) is 38.9 Å². The minimum absolute atomic E-state index is 0.0433. The monoisotopic (exact) mass is 429 g/mol. The maximum Gasteiger partial charge on any atom is 0.340 e. The van der Waals surface area contributed by atoms with Crippen molar-refractivity contribution in [2.75, 3.05) is 52.5 Å². The third-order valence-corrected chi connectivity index (χ3v) is 4.67. The van der Waals surface area contributed by atoms with Crippen LogP contribution in [-0.4, -0.2) is 67.9 Å². The summed E-state index contributed by atoms with van der Waals surface area (Å²) in [6, 6.07) is 12.3. The van der Waals surface area contributed by atoms with E-state index in [0.29, 0.717) is 54.7 Å². The Morgan fingerprint density at radius 2 is 1.77 bits per heavy atom. The Kier molecular flexibility index (Phi) is 7.52. The number of ether oxygens (including phenoxy) is 3. The molecule has 0 radical (unpaired) electrons. The molecule has 0 saturated heterocycles. The maximum absolute atomic E-state index is 11.9.